The summed E-state index contributed by atoms with van der Waals surface area (Å²) in [7, 11) is 1.64. The number of benzene rings is 3. The fraction of sp³-hybridized carbons (Fsp3) is 0.269. The maximum Gasteiger partial charge on any atom is 0.166 e. The number of ketones is 1. The molecule has 0 bridgehead atoms. The molecule has 4 rings (SSSR count). The van der Waals surface area contributed by atoms with Crippen LogP contribution in [-0.4, -0.2) is 30.9 Å². The van der Waals surface area contributed by atoms with Gasteiger partial charge in [-0.15, -0.1) is 0 Å². The third kappa shape index (κ3) is 4.41. The molecule has 1 fully saturated rings. The molecule has 29 heavy (non-hydrogen) atoms. The van der Waals surface area contributed by atoms with Crippen molar-refractivity contribution in [3.63, 3.8) is 0 Å². The number of ether oxygens (including phenoxy) is 1. The fourth-order valence-electron chi connectivity index (χ4n) is 4.30. The Balaban J connectivity index is 1.48. The normalized spacial score (nSPS) is 15.4. The Morgan fingerprint density at radius 1 is 0.828 bits per heavy atom. The van der Waals surface area contributed by atoms with Crippen LogP contribution >= 0.6 is 0 Å². The first-order chi connectivity index (χ1) is 14.3. The van der Waals surface area contributed by atoms with Crippen molar-refractivity contribution in [1.29, 1.82) is 0 Å². The Hall–Kier alpha value is -2.91. The zero-order valence-corrected chi connectivity index (χ0v) is 16.8. The van der Waals surface area contributed by atoms with Crippen molar-refractivity contribution >= 4 is 5.78 Å². The van der Waals surface area contributed by atoms with Crippen LogP contribution in [0, 0.1) is 5.92 Å². The summed E-state index contributed by atoms with van der Waals surface area (Å²) >= 11 is 0. The monoisotopic (exact) mass is 385 g/mol. The summed E-state index contributed by atoms with van der Waals surface area (Å²) < 4.78 is 5.20. The van der Waals surface area contributed by atoms with Crippen LogP contribution < -0.4 is 4.74 Å². The second-order valence-corrected chi connectivity index (χ2v) is 7.63. The standard InChI is InChI=1S/C26H27NO2/c1-29-24-14-12-22(13-15-24)26(28)23-16-18-27(19-17-23)25(20-8-4-2-5-9-20)21-10-6-3-7-11-21/h2-15,23,25H,16-19H2,1H3. The van der Waals surface area contributed by atoms with Crippen LogP contribution in [0.15, 0.2) is 84.9 Å². The maximum atomic E-state index is 13.0. The van der Waals surface area contributed by atoms with Gasteiger partial charge in [0, 0.05) is 11.5 Å². The van der Waals surface area contributed by atoms with Gasteiger partial charge in [0.05, 0.1) is 13.2 Å². The Bertz CT molecular complexity index is 874. The fourth-order valence-corrected chi connectivity index (χ4v) is 4.30. The van der Waals surface area contributed by atoms with Gasteiger partial charge in [-0.05, 0) is 61.3 Å². The first-order valence-electron chi connectivity index (χ1n) is 10.3. The lowest BCUT2D eigenvalue weighted by atomic mass is 9.87. The third-order valence-corrected chi connectivity index (χ3v) is 5.87. The van der Waals surface area contributed by atoms with Crippen molar-refractivity contribution < 1.29 is 9.53 Å². The number of methoxy groups -OCH3 is 1. The lowest BCUT2D eigenvalue weighted by Crippen LogP contribution is -2.39. The molecule has 0 aliphatic carbocycles. The molecule has 0 unspecified atom stereocenters. The van der Waals surface area contributed by atoms with E-state index in [1.54, 1.807) is 7.11 Å². The van der Waals surface area contributed by atoms with Gasteiger partial charge in [0.2, 0.25) is 0 Å². The molecule has 0 saturated carbocycles. The first-order valence-corrected chi connectivity index (χ1v) is 10.3. The quantitative estimate of drug-likeness (QED) is 0.534. The molecule has 1 aliphatic rings. The lowest BCUT2D eigenvalue weighted by Gasteiger charge is -2.37. The van der Waals surface area contributed by atoms with Gasteiger partial charge < -0.3 is 4.74 Å². The Kier molecular flexibility index (Phi) is 6.06. The zero-order chi connectivity index (χ0) is 20.1. The second-order valence-electron chi connectivity index (χ2n) is 7.63. The predicted molar refractivity (Wildman–Crippen MR) is 116 cm³/mol. The van der Waals surface area contributed by atoms with Gasteiger partial charge >= 0.3 is 0 Å². The highest BCUT2D eigenvalue weighted by atomic mass is 16.5. The van der Waals surface area contributed by atoms with Gasteiger partial charge in [0.1, 0.15) is 5.75 Å². The Labute approximate surface area is 172 Å². The second kappa shape index (κ2) is 9.06. The number of nitrogens with zero attached hydrogens (tertiary/aromatic N) is 1. The van der Waals surface area contributed by atoms with E-state index in [1.165, 1.54) is 11.1 Å². The summed E-state index contributed by atoms with van der Waals surface area (Å²) in [5.41, 5.74) is 3.39. The molecular formula is C26H27NO2. The first kappa shape index (κ1) is 19.4. The highest BCUT2D eigenvalue weighted by Gasteiger charge is 2.30. The van der Waals surface area contributed by atoms with Gasteiger partial charge in [-0.25, -0.2) is 0 Å². The molecule has 1 heterocycles. The predicted octanol–water partition coefficient (Wildman–Crippen LogP) is 5.38. The van der Waals surface area contributed by atoms with Crippen molar-refractivity contribution in [2.24, 2.45) is 5.92 Å². The van der Waals surface area contributed by atoms with E-state index in [-0.39, 0.29) is 17.7 Å². The van der Waals surface area contributed by atoms with Gasteiger partial charge in [0.25, 0.3) is 0 Å². The average molecular weight is 386 g/mol. The number of hydrogen-bond acceptors (Lipinski definition) is 3. The summed E-state index contributed by atoms with van der Waals surface area (Å²) in [5, 5.41) is 0. The van der Waals surface area contributed by atoms with E-state index in [4.69, 9.17) is 4.74 Å². The number of piperidine rings is 1. The summed E-state index contributed by atoms with van der Waals surface area (Å²) in [6, 6.07) is 29.1. The topological polar surface area (TPSA) is 29.5 Å². The van der Waals surface area contributed by atoms with E-state index in [9.17, 15) is 4.79 Å². The number of carbonyl (C=O) groups excluding carboxylic acids is 1. The van der Waals surface area contributed by atoms with E-state index in [0.717, 1.165) is 37.2 Å². The number of Topliss-reactive ketones (excluding diaryl/α,β-unsaturated/α-hetero) is 1. The Morgan fingerprint density at radius 2 is 1.34 bits per heavy atom. The maximum absolute atomic E-state index is 13.0. The van der Waals surface area contributed by atoms with Crippen molar-refractivity contribution in [2.45, 2.75) is 18.9 Å². The van der Waals surface area contributed by atoms with Crippen LogP contribution in [0.4, 0.5) is 0 Å². The van der Waals surface area contributed by atoms with Gasteiger partial charge in [-0.3, -0.25) is 9.69 Å². The molecule has 1 saturated heterocycles. The lowest BCUT2D eigenvalue weighted by molar-refractivity contribution is 0.0813. The number of likely N-dealkylation sites (tertiary alicyclic amines) is 1. The largest absolute Gasteiger partial charge is 0.497 e. The van der Waals surface area contributed by atoms with Crippen molar-refractivity contribution in [3.8, 4) is 5.75 Å². The van der Waals surface area contributed by atoms with Crippen molar-refractivity contribution in [2.75, 3.05) is 20.2 Å². The van der Waals surface area contributed by atoms with Crippen LogP contribution in [-0.2, 0) is 0 Å². The van der Waals surface area contributed by atoms with Crippen LogP contribution in [0.25, 0.3) is 0 Å². The molecule has 0 spiro atoms. The van der Waals surface area contributed by atoms with E-state index in [0.29, 0.717) is 0 Å². The van der Waals surface area contributed by atoms with Crippen LogP contribution in [0.5, 0.6) is 5.75 Å². The Morgan fingerprint density at radius 3 is 1.83 bits per heavy atom. The third-order valence-electron chi connectivity index (χ3n) is 5.87. The van der Waals surface area contributed by atoms with E-state index < -0.39 is 0 Å². The molecule has 0 N–H and O–H groups in total. The molecule has 3 aromatic carbocycles. The molecule has 3 aromatic rings. The zero-order valence-electron chi connectivity index (χ0n) is 16.8. The van der Waals surface area contributed by atoms with Crippen LogP contribution in [0.1, 0.15) is 40.4 Å². The van der Waals surface area contributed by atoms with Crippen molar-refractivity contribution in [1.82, 2.24) is 4.90 Å². The molecule has 1 aliphatic heterocycles. The molecular weight excluding hydrogens is 358 g/mol. The minimum atomic E-state index is 0.0897. The van der Waals surface area contributed by atoms with Crippen LogP contribution in [0.2, 0.25) is 0 Å². The van der Waals surface area contributed by atoms with E-state index in [2.05, 4.69) is 65.6 Å². The average Bonchev–Trinajstić information content (AvgIpc) is 2.81. The van der Waals surface area contributed by atoms with E-state index in [1.807, 2.05) is 24.3 Å². The van der Waals surface area contributed by atoms with Crippen LogP contribution in [0.3, 0.4) is 0 Å². The van der Waals surface area contributed by atoms with Crippen molar-refractivity contribution in [3.05, 3.63) is 102 Å². The summed E-state index contributed by atoms with van der Waals surface area (Å²) in [5.74, 6) is 1.13. The molecule has 3 nitrogen and oxygen atoms in total. The van der Waals surface area contributed by atoms with Gasteiger partial charge in [-0.2, -0.15) is 0 Å². The molecule has 0 radical (unpaired) electrons. The molecule has 3 heteroatoms. The molecule has 0 aromatic heterocycles. The number of hydrogen-bond donors (Lipinski definition) is 0. The van der Waals surface area contributed by atoms with Gasteiger partial charge in [-0.1, -0.05) is 60.7 Å². The minimum absolute atomic E-state index is 0.0897. The number of carbonyl (C=O) groups is 1. The van der Waals surface area contributed by atoms with E-state index >= 15 is 0 Å². The number of rotatable bonds is 6. The summed E-state index contributed by atoms with van der Waals surface area (Å²) in [6.07, 6.45) is 1.78. The molecule has 0 amide bonds. The SMILES string of the molecule is COc1ccc(C(=O)C2CCN(C(c3ccccc3)c3ccccc3)CC2)cc1. The highest BCUT2D eigenvalue weighted by molar-refractivity contribution is 5.98. The van der Waals surface area contributed by atoms with Gasteiger partial charge in [0.15, 0.2) is 5.78 Å². The minimum Gasteiger partial charge on any atom is -0.497 e. The molecule has 148 valence electrons. The summed E-state index contributed by atoms with van der Waals surface area (Å²) in [6.45, 7) is 1.84. The molecule has 0 atom stereocenters. The smallest absolute Gasteiger partial charge is 0.166 e. The summed E-state index contributed by atoms with van der Waals surface area (Å²) in [4.78, 5) is 15.5. The highest BCUT2D eigenvalue weighted by Crippen LogP contribution is 2.33.